The lowest BCUT2D eigenvalue weighted by atomic mass is 9.78. The van der Waals surface area contributed by atoms with E-state index in [1.54, 1.807) is 0 Å². The van der Waals surface area contributed by atoms with E-state index in [-0.39, 0.29) is 11.9 Å². The van der Waals surface area contributed by atoms with Gasteiger partial charge in [0.05, 0.1) is 6.04 Å². The van der Waals surface area contributed by atoms with E-state index >= 15 is 0 Å². The van der Waals surface area contributed by atoms with Crippen LogP contribution in [0.3, 0.4) is 0 Å². The smallest absolute Gasteiger partial charge is 0.241 e. The Morgan fingerprint density at radius 2 is 1.92 bits per heavy atom. The third-order valence-electron chi connectivity index (χ3n) is 5.37. The van der Waals surface area contributed by atoms with Gasteiger partial charge in [0.2, 0.25) is 5.91 Å². The van der Waals surface area contributed by atoms with Gasteiger partial charge in [0, 0.05) is 17.8 Å². The molecule has 1 fully saturated rings. The maximum atomic E-state index is 12.5. The van der Waals surface area contributed by atoms with E-state index in [1.165, 1.54) is 12.8 Å². The number of rotatable bonds is 4. The van der Waals surface area contributed by atoms with Crippen molar-refractivity contribution < 1.29 is 14.3 Å². The highest BCUT2D eigenvalue weighted by Crippen LogP contribution is 2.33. The van der Waals surface area contributed by atoms with Crippen molar-refractivity contribution in [2.24, 2.45) is 11.8 Å². The average molecular weight is 332 g/mol. The van der Waals surface area contributed by atoms with Gasteiger partial charge in [0.1, 0.15) is 13.2 Å². The van der Waals surface area contributed by atoms with E-state index in [0.717, 1.165) is 17.9 Å². The molecule has 1 amide bonds. The first kappa shape index (κ1) is 17.1. The van der Waals surface area contributed by atoms with Crippen molar-refractivity contribution in [3.05, 3.63) is 18.2 Å². The van der Waals surface area contributed by atoms with Gasteiger partial charge >= 0.3 is 0 Å². The Labute approximate surface area is 144 Å². The summed E-state index contributed by atoms with van der Waals surface area (Å²) < 4.78 is 11.1. The fraction of sp³-hybridized carbons (Fsp3) is 0.632. The zero-order valence-electron chi connectivity index (χ0n) is 14.8. The third kappa shape index (κ3) is 3.83. The van der Waals surface area contributed by atoms with Crippen LogP contribution in [0, 0.1) is 11.8 Å². The lowest BCUT2D eigenvalue weighted by Crippen LogP contribution is -2.49. The number of anilines is 1. The fourth-order valence-corrected chi connectivity index (χ4v) is 3.59. The Bertz CT molecular complexity index is 590. The van der Waals surface area contributed by atoms with Gasteiger partial charge in [-0.15, -0.1) is 0 Å². The molecular weight excluding hydrogens is 304 g/mol. The molecule has 0 saturated heterocycles. The van der Waals surface area contributed by atoms with E-state index in [2.05, 4.69) is 24.5 Å². The second-order valence-corrected chi connectivity index (χ2v) is 7.11. The number of carbonyl (C=O) groups excluding carboxylic acids is 1. The van der Waals surface area contributed by atoms with E-state index in [1.807, 2.05) is 25.1 Å². The van der Waals surface area contributed by atoms with Crippen LogP contribution in [0.4, 0.5) is 5.69 Å². The summed E-state index contributed by atoms with van der Waals surface area (Å²) in [5, 5.41) is 6.48. The Kier molecular flexibility index (Phi) is 5.29. The number of hydrogen-bond acceptors (Lipinski definition) is 4. The predicted octanol–water partition coefficient (Wildman–Crippen LogP) is 3.20. The molecule has 0 radical (unpaired) electrons. The van der Waals surface area contributed by atoms with Gasteiger partial charge in [-0.2, -0.15) is 0 Å². The topological polar surface area (TPSA) is 59.6 Å². The van der Waals surface area contributed by atoms with Gasteiger partial charge < -0.3 is 20.1 Å². The molecule has 24 heavy (non-hydrogen) atoms. The summed E-state index contributed by atoms with van der Waals surface area (Å²) in [5.41, 5.74) is 0.739. The molecule has 4 atom stereocenters. The van der Waals surface area contributed by atoms with Crippen molar-refractivity contribution in [1.29, 1.82) is 0 Å². The zero-order chi connectivity index (χ0) is 17.1. The van der Waals surface area contributed by atoms with Gasteiger partial charge in [0.15, 0.2) is 11.5 Å². The minimum atomic E-state index is -0.226. The molecule has 2 N–H and O–H groups in total. The number of fused-ring (bicyclic) bond motifs is 1. The van der Waals surface area contributed by atoms with Crippen molar-refractivity contribution in [3.63, 3.8) is 0 Å². The number of hydrogen-bond donors (Lipinski definition) is 2. The molecule has 5 nitrogen and oxygen atoms in total. The molecule has 1 heterocycles. The monoisotopic (exact) mass is 332 g/mol. The van der Waals surface area contributed by atoms with Crippen molar-refractivity contribution in [2.45, 2.75) is 52.1 Å². The Morgan fingerprint density at radius 1 is 1.17 bits per heavy atom. The lowest BCUT2D eigenvalue weighted by molar-refractivity contribution is -0.118. The van der Waals surface area contributed by atoms with Gasteiger partial charge in [-0.25, -0.2) is 0 Å². The maximum Gasteiger partial charge on any atom is 0.241 e. The highest BCUT2D eigenvalue weighted by atomic mass is 16.6. The van der Waals surface area contributed by atoms with E-state index in [9.17, 15) is 4.79 Å². The molecule has 1 aliphatic carbocycles. The van der Waals surface area contributed by atoms with Crippen LogP contribution in [0.2, 0.25) is 0 Å². The Morgan fingerprint density at radius 3 is 2.71 bits per heavy atom. The molecule has 132 valence electrons. The molecule has 1 aromatic carbocycles. The average Bonchev–Trinajstić information content (AvgIpc) is 2.58. The normalized spacial score (nSPS) is 27.4. The molecule has 0 aromatic heterocycles. The molecule has 0 bridgehead atoms. The number of amides is 1. The van der Waals surface area contributed by atoms with Gasteiger partial charge in [-0.3, -0.25) is 4.79 Å². The highest BCUT2D eigenvalue weighted by Gasteiger charge is 2.29. The summed E-state index contributed by atoms with van der Waals surface area (Å²) in [4.78, 5) is 12.5. The molecule has 1 aliphatic heterocycles. The minimum absolute atomic E-state index is 0.0166. The Hall–Kier alpha value is -1.75. The molecule has 2 aliphatic rings. The molecule has 3 rings (SSSR count). The van der Waals surface area contributed by atoms with Crippen molar-refractivity contribution in [1.82, 2.24) is 5.32 Å². The number of benzene rings is 1. The van der Waals surface area contributed by atoms with Crippen molar-refractivity contribution in [2.75, 3.05) is 18.5 Å². The number of ether oxygens (including phenoxy) is 2. The SMILES string of the molecule is CC(NC1CCCC(C)C1C)C(=O)Nc1ccc2c(c1)OCCO2. The summed E-state index contributed by atoms with van der Waals surface area (Å²) in [5.74, 6) is 2.72. The minimum Gasteiger partial charge on any atom is -0.486 e. The van der Waals surface area contributed by atoms with Crippen LogP contribution in [0.15, 0.2) is 18.2 Å². The van der Waals surface area contributed by atoms with E-state index in [0.29, 0.717) is 36.8 Å². The van der Waals surface area contributed by atoms with E-state index in [4.69, 9.17) is 9.47 Å². The largest absolute Gasteiger partial charge is 0.486 e. The fourth-order valence-electron chi connectivity index (χ4n) is 3.59. The highest BCUT2D eigenvalue weighted by molar-refractivity contribution is 5.94. The molecule has 1 aromatic rings. The van der Waals surface area contributed by atoms with Crippen LogP contribution in [0.5, 0.6) is 11.5 Å². The summed E-state index contributed by atoms with van der Waals surface area (Å²) in [6, 6.07) is 5.70. The summed E-state index contributed by atoms with van der Waals surface area (Å²) in [6.07, 6.45) is 3.67. The lowest BCUT2D eigenvalue weighted by Gasteiger charge is -2.36. The molecule has 4 unspecified atom stereocenters. The predicted molar refractivity (Wildman–Crippen MR) is 94.6 cm³/mol. The number of nitrogens with one attached hydrogen (secondary N) is 2. The first-order valence-electron chi connectivity index (χ1n) is 9.01. The first-order valence-corrected chi connectivity index (χ1v) is 9.01. The summed E-state index contributed by atoms with van der Waals surface area (Å²) in [7, 11) is 0. The molecule has 5 heteroatoms. The molecule has 1 saturated carbocycles. The molecule has 0 spiro atoms. The van der Waals surface area contributed by atoms with Crippen LogP contribution >= 0.6 is 0 Å². The maximum absolute atomic E-state index is 12.5. The van der Waals surface area contributed by atoms with Crippen molar-refractivity contribution in [3.8, 4) is 11.5 Å². The second kappa shape index (κ2) is 7.43. The van der Waals surface area contributed by atoms with Crippen LogP contribution in [-0.4, -0.2) is 31.2 Å². The van der Waals surface area contributed by atoms with Crippen molar-refractivity contribution >= 4 is 11.6 Å². The van der Waals surface area contributed by atoms with Gasteiger partial charge in [-0.05, 0) is 37.3 Å². The van der Waals surface area contributed by atoms with Crippen LogP contribution in [0.1, 0.15) is 40.0 Å². The zero-order valence-corrected chi connectivity index (χ0v) is 14.8. The summed E-state index contributed by atoms with van der Waals surface area (Å²) in [6.45, 7) is 7.63. The summed E-state index contributed by atoms with van der Waals surface area (Å²) >= 11 is 0. The molecular formula is C19H28N2O3. The third-order valence-corrected chi connectivity index (χ3v) is 5.37. The van der Waals surface area contributed by atoms with Gasteiger partial charge in [0.25, 0.3) is 0 Å². The van der Waals surface area contributed by atoms with Crippen LogP contribution in [-0.2, 0) is 4.79 Å². The first-order chi connectivity index (χ1) is 11.5. The second-order valence-electron chi connectivity index (χ2n) is 7.11. The van der Waals surface area contributed by atoms with Crippen LogP contribution < -0.4 is 20.1 Å². The standard InChI is InChI=1S/C19H28N2O3/c1-12-5-4-6-16(13(12)2)20-14(3)19(22)21-15-7-8-17-18(11-15)24-10-9-23-17/h7-8,11-14,16,20H,4-6,9-10H2,1-3H3,(H,21,22). The Balaban J connectivity index is 1.58. The number of carbonyl (C=O) groups is 1. The van der Waals surface area contributed by atoms with Crippen LogP contribution in [0.25, 0.3) is 0 Å². The quantitative estimate of drug-likeness (QED) is 0.889. The van der Waals surface area contributed by atoms with E-state index < -0.39 is 0 Å². The van der Waals surface area contributed by atoms with Gasteiger partial charge in [-0.1, -0.05) is 26.7 Å².